The van der Waals surface area contributed by atoms with Crippen LogP contribution in [-0.4, -0.2) is 14.7 Å². The number of nitrogens with one attached hydrogen (secondary N) is 1. The van der Waals surface area contributed by atoms with E-state index < -0.39 is 6.10 Å². The monoisotopic (exact) mass is 245 g/mol. The van der Waals surface area contributed by atoms with Crippen molar-refractivity contribution in [1.29, 1.82) is 0 Å². The van der Waals surface area contributed by atoms with E-state index in [0.29, 0.717) is 0 Å². The van der Waals surface area contributed by atoms with Crippen molar-refractivity contribution in [1.82, 2.24) is 9.55 Å². The summed E-state index contributed by atoms with van der Waals surface area (Å²) < 4.78 is 1.99. The van der Waals surface area contributed by atoms with Gasteiger partial charge in [-0.15, -0.1) is 0 Å². The first-order chi connectivity index (χ1) is 8.59. The molecule has 4 heteroatoms. The highest BCUT2D eigenvalue weighted by molar-refractivity contribution is 5.53. The number of hydrogen-bond donors (Lipinski definition) is 2. The number of para-hydroxylation sites is 1. The highest BCUT2D eigenvalue weighted by atomic mass is 16.3. The minimum absolute atomic E-state index is 0.0879. The highest BCUT2D eigenvalue weighted by Crippen LogP contribution is 2.25. The second kappa shape index (κ2) is 5.23. The molecule has 2 atom stereocenters. The summed E-state index contributed by atoms with van der Waals surface area (Å²) >= 11 is 0. The minimum atomic E-state index is -0.484. The first-order valence-corrected chi connectivity index (χ1v) is 6.10. The van der Waals surface area contributed by atoms with Crippen molar-refractivity contribution in [3.05, 3.63) is 48.0 Å². The predicted octanol–water partition coefficient (Wildman–Crippen LogP) is 2.65. The fraction of sp³-hybridized carbons (Fsp3) is 0.357. The molecule has 18 heavy (non-hydrogen) atoms. The first kappa shape index (κ1) is 12.6. The Bertz CT molecular complexity index is 519. The lowest BCUT2D eigenvalue weighted by Crippen LogP contribution is -2.13. The number of rotatable bonds is 4. The summed E-state index contributed by atoms with van der Waals surface area (Å²) in [5.41, 5.74) is 1.85. The van der Waals surface area contributed by atoms with Crippen LogP contribution in [0.5, 0.6) is 0 Å². The molecule has 1 aromatic carbocycles. The van der Waals surface area contributed by atoms with Crippen LogP contribution in [0.2, 0.25) is 0 Å². The third kappa shape index (κ3) is 2.54. The molecule has 1 heterocycles. The fourth-order valence-corrected chi connectivity index (χ4v) is 2.08. The van der Waals surface area contributed by atoms with Crippen LogP contribution < -0.4 is 5.32 Å². The van der Waals surface area contributed by atoms with Crippen LogP contribution in [0.15, 0.2) is 36.7 Å². The van der Waals surface area contributed by atoms with E-state index in [2.05, 4.69) is 17.2 Å². The molecular formula is C14H19N3O. The Morgan fingerprint density at radius 2 is 2.00 bits per heavy atom. The normalized spacial score (nSPS) is 14.2. The van der Waals surface area contributed by atoms with E-state index in [0.717, 1.165) is 17.1 Å². The molecule has 96 valence electrons. The van der Waals surface area contributed by atoms with Gasteiger partial charge in [-0.3, -0.25) is 0 Å². The van der Waals surface area contributed by atoms with Crippen LogP contribution >= 0.6 is 0 Å². The molecule has 0 bridgehead atoms. The van der Waals surface area contributed by atoms with Gasteiger partial charge in [0.25, 0.3) is 0 Å². The second-order valence-electron chi connectivity index (χ2n) is 4.53. The van der Waals surface area contributed by atoms with Crippen LogP contribution in [0.25, 0.3) is 0 Å². The average Bonchev–Trinajstić information content (AvgIpc) is 2.76. The zero-order chi connectivity index (χ0) is 13.1. The van der Waals surface area contributed by atoms with E-state index >= 15 is 0 Å². The SMILES string of the molecule is CC(O)c1ccccc1NC(C)c1nccn1C. The Hall–Kier alpha value is -1.81. The number of aliphatic hydroxyl groups is 1. The van der Waals surface area contributed by atoms with Gasteiger partial charge in [0.05, 0.1) is 12.1 Å². The van der Waals surface area contributed by atoms with Gasteiger partial charge in [-0.2, -0.15) is 0 Å². The lowest BCUT2D eigenvalue weighted by molar-refractivity contribution is 0.200. The predicted molar refractivity (Wildman–Crippen MR) is 72.3 cm³/mol. The van der Waals surface area contributed by atoms with Gasteiger partial charge >= 0.3 is 0 Å². The zero-order valence-electron chi connectivity index (χ0n) is 11.0. The molecule has 0 aliphatic heterocycles. The molecule has 0 aliphatic carbocycles. The second-order valence-corrected chi connectivity index (χ2v) is 4.53. The van der Waals surface area contributed by atoms with Crippen molar-refractivity contribution < 1.29 is 5.11 Å². The van der Waals surface area contributed by atoms with E-state index in [1.165, 1.54) is 0 Å². The number of aliphatic hydroxyl groups excluding tert-OH is 1. The standard InChI is InChI=1S/C14H19N3O/c1-10(14-15-8-9-17(14)3)16-13-7-5-4-6-12(13)11(2)18/h4-11,16,18H,1-3H3. The lowest BCUT2D eigenvalue weighted by Gasteiger charge is -2.19. The van der Waals surface area contributed by atoms with Crippen LogP contribution in [-0.2, 0) is 7.05 Å². The summed E-state index contributed by atoms with van der Waals surface area (Å²) in [4.78, 5) is 4.32. The summed E-state index contributed by atoms with van der Waals surface area (Å²) in [6.07, 6.45) is 3.23. The molecule has 0 spiro atoms. The van der Waals surface area contributed by atoms with E-state index in [1.807, 2.05) is 42.1 Å². The van der Waals surface area contributed by atoms with Crippen molar-refractivity contribution in [2.24, 2.45) is 7.05 Å². The molecule has 2 rings (SSSR count). The van der Waals surface area contributed by atoms with Gasteiger partial charge in [0.2, 0.25) is 0 Å². The minimum Gasteiger partial charge on any atom is -0.389 e. The van der Waals surface area contributed by atoms with Crippen molar-refractivity contribution >= 4 is 5.69 Å². The van der Waals surface area contributed by atoms with Crippen molar-refractivity contribution in [3.8, 4) is 0 Å². The number of anilines is 1. The topological polar surface area (TPSA) is 50.1 Å². The molecule has 0 saturated heterocycles. The van der Waals surface area contributed by atoms with Gasteiger partial charge in [0, 0.05) is 30.7 Å². The number of imidazole rings is 1. The van der Waals surface area contributed by atoms with E-state index in [1.54, 1.807) is 13.1 Å². The summed E-state index contributed by atoms with van der Waals surface area (Å²) in [5.74, 6) is 0.968. The van der Waals surface area contributed by atoms with Gasteiger partial charge in [-0.05, 0) is 19.9 Å². The Balaban J connectivity index is 2.22. The molecule has 0 amide bonds. The molecular weight excluding hydrogens is 226 g/mol. The lowest BCUT2D eigenvalue weighted by atomic mass is 10.1. The van der Waals surface area contributed by atoms with Crippen LogP contribution in [0, 0.1) is 0 Å². The van der Waals surface area contributed by atoms with Gasteiger partial charge < -0.3 is 15.0 Å². The summed E-state index contributed by atoms with van der Waals surface area (Å²) in [6.45, 7) is 3.83. The van der Waals surface area contributed by atoms with E-state index in [4.69, 9.17) is 0 Å². The molecule has 4 nitrogen and oxygen atoms in total. The van der Waals surface area contributed by atoms with Crippen molar-refractivity contribution in [2.45, 2.75) is 26.0 Å². The van der Waals surface area contributed by atoms with E-state index in [-0.39, 0.29) is 6.04 Å². The number of nitrogens with zero attached hydrogens (tertiary/aromatic N) is 2. The van der Waals surface area contributed by atoms with Crippen molar-refractivity contribution in [2.75, 3.05) is 5.32 Å². The summed E-state index contributed by atoms with van der Waals surface area (Å²) in [6, 6.07) is 7.88. The highest BCUT2D eigenvalue weighted by Gasteiger charge is 2.13. The molecule has 0 aliphatic rings. The number of benzene rings is 1. The maximum absolute atomic E-state index is 9.74. The van der Waals surface area contributed by atoms with Gasteiger partial charge in [-0.1, -0.05) is 18.2 Å². The maximum atomic E-state index is 9.74. The average molecular weight is 245 g/mol. The smallest absolute Gasteiger partial charge is 0.130 e. The molecule has 2 N–H and O–H groups in total. The maximum Gasteiger partial charge on any atom is 0.130 e. The number of hydrogen-bond acceptors (Lipinski definition) is 3. The molecule has 0 saturated carbocycles. The van der Waals surface area contributed by atoms with Crippen LogP contribution in [0.3, 0.4) is 0 Å². The van der Waals surface area contributed by atoms with E-state index in [9.17, 15) is 5.11 Å². The fourth-order valence-electron chi connectivity index (χ4n) is 2.08. The van der Waals surface area contributed by atoms with Crippen LogP contribution in [0.1, 0.15) is 37.4 Å². The first-order valence-electron chi connectivity index (χ1n) is 6.10. The summed E-state index contributed by atoms with van der Waals surface area (Å²) in [7, 11) is 1.97. The Morgan fingerprint density at radius 3 is 2.61 bits per heavy atom. The van der Waals surface area contributed by atoms with Gasteiger partial charge in [0.15, 0.2) is 0 Å². The largest absolute Gasteiger partial charge is 0.389 e. The zero-order valence-corrected chi connectivity index (χ0v) is 11.0. The van der Waals surface area contributed by atoms with Crippen molar-refractivity contribution in [3.63, 3.8) is 0 Å². The molecule has 0 radical (unpaired) electrons. The third-order valence-electron chi connectivity index (χ3n) is 3.03. The number of aryl methyl sites for hydroxylation is 1. The third-order valence-corrected chi connectivity index (χ3v) is 3.03. The quantitative estimate of drug-likeness (QED) is 0.870. The molecule has 0 fully saturated rings. The van der Waals surface area contributed by atoms with Crippen LogP contribution in [0.4, 0.5) is 5.69 Å². The Kier molecular flexibility index (Phi) is 3.67. The molecule has 2 unspecified atom stereocenters. The Labute approximate surface area is 107 Å². The summed E-state index contributed by atoms with van der Waals surface area (Å²) in [5, 5.41) is 13.1. The van der Waals surface area contributed by atoms with Gasteiger partial charge in [-0.25, -0.2) is 4.98 Å². The molecule has 2 aromatic rings. The number of aromatic nitrogens is 2. The Morgan fingerprint density at radius 1 is 1.28 bits per heavy atom. The van der Waals surface area contributed by atoms with Gasteiger partial charge in [0.1, 0.15) is 5.82 Å². The molecule has 1 aromatic heterocycles.